The molecule has 0 unspecified atom stereocenters. The molecule has 0 atom stereocenters. The fourth-order valence-corrected chi connectivity index (χ4v) is 1.54. The average molecular weight is 291 g/mol. The maximum absolute atomic E-state index is 12.9. The summed E-state index contributed by atoms with van der Waals surface area (Å²) in [4.78, 5) is 11.0. The Morgan fingerprint density at radius 2 is 2.19 bits per heavy atom. The lowest BCUT2D eigenvalue weighted by Gasteiger charge is -2.06. The van der Waals surface area contributed by atoms with E-state index in [9.17, 15) is 9.18 Å². The van der Waals surface area contributed by atoms with Crippen LogP contribution in [0.4, 0.5) is 4.39 Å². The summed E-state index contributed by atoms with van der Waals surface area (Å²) in [5, 5.41) is 0. The van der Waals surface area contributed by atoms with Crippen molar-refractivity contribution >= 4 is 21.9 Å². The van der Waals surface area contributed by atoms with Crippen LogP contribution in [0.1, 0.15) is 13.3 Å². The molecule has 0 saturated heterocycles. The van der Waals surface area contributed by atoms with Gasteiger partial charge < -0.3 is 9.47 Å². The quantitative estimate of drug-likeness (QED) is 0.782. The molecule has 0 amide bonds. The number of halogens is 2. The van der Waals surface area contributed by atoms with Crippen LogP contribution in [-0.4, -0.2) is 19.2 Å². The number of carbonyl (C=O) groups is 1. The molecule has 3 nitrogen and oxygen atoms in total. The summed E-state index contributed by atoms with van der Waals surface area (Å²) < 4.78 is 23.5. The summed E-state index contributed by atoms with van der Waals surface area (Å²) in [5.74, 6) is -0.324. The second kappa shape index (κ2) is 6.48. The van der Waals surface area contributed by atoms with E-state index in [1.54, 1.807) is 13.0 Å². The van der Waals surface area contributed by atoms with Gasteiger partial charge in [0.1, 0.15) is 11.6 Å². The molecule has 0 radical (unpaired) electrons. The van der Waals surface area contributed by atoms with E-state index < -0.39 is 0 Å². The Morgan fingerprint density at radius 3 is 2.81 bits per heavy atom. The molecule has 0 heterocycles. The number of hydrogen-bond donors (Lipinski definition) is 0. The van der Waals surface area contributed by atoms with Crippen LogP contribution in [0.5, 0.6) is 5.75 Å². The number of rotatable bonds is 5. The van der Waals surface area contributed by atoms with Crippen molar-refractivity contribution in [3.63, 3.8) is 0 Å². The lowest BCUT2D eigenvalue weighted by molar-refractivity contribution is -0.143. The fourth-order valence-electron chi connectivity index (χ4n) is 1.10. The first kappa shape index (κ1) is 13.0. The number of esters is 1. The van der Waals surface area contributed by atoms with Crippen LogP contribution in [0.2, 0.25) is 0 Å². The third-order valence-corrected chi connectivity index (χ3v) is 2.17. The summed E-state index contributed by atoms with van der Waals surface area (Å²) in [6, 6.07) is 4.22. The van der Waals surface area contributed by atoms with Crippen molar-refractivity contribution in [1.29, 1.82) is 0 Å². The zero-order chi connectivity index (χ0) is 12.0. The van der Waals surface area contributed by atoms with E-state index in [-0.39, 0.29) is 24.8 Å². The van der Waals surface area contributed by atoms with E-state index >= 15 is 0 Å². The van der Waals surface area contributed by atoms with Crippen LogP contribution >= 0.6 is 15.9 Å². The maximum Gasteiger partial charge on any atom is 0.309 e. The zero-order valence-corrected chi connectivity index (χ0v) is 10.4. The zero-order valence-electron chi connectivity index (χ0n) is 8.83. The topological polar surface area (TPSA) is 35.5 Å². The van der Waals surface area contributed by atoms with Crippen LogP contribution < -0.4 is 4.74 Å². The summed E-state index contributed by atoms with van der Waals surface area (Å²) in [5.41, 5.74) is 0. The Kier molecular flexibility index (Phi) is 5.25. The van der Waals surface area contributed by atoms with E-state index in [1.165, 1.54) is 12.1 Å². The largest absolute Gasteiger partial charge is 0.493 e. The second-order valence-electron chi connectivity index (χ2n) is 3.01. The smallest absolute Gasteiger partial charge is 0.309 e. The van der Waals surface area contributed by atoms with Gasteiger partial charge in [0.15, 0.2) is 0 Å². The Balaban J connectivity index is 2.40. The van der Waals surface area contributed by atoms with Gasteiger partial charge in [-0.1, -0.05) is 15.9 Å². The van der Waals surface area contributed by atoms with Crippen LogP contribution in [0.3, 0.4) is 0 Å². The van der Waals surface area contributed by atoms with Gasteiger partial charge in [0.05, 0.1) is 19.6 Å². The van der Waals surface area contributed by atoms with Crippen LogP contribution in [-0.2, 0) is 9.53 Å². The molecule has 1 rings (SSSR count). The normalized spacial score (nSPS) is 9.94. The Hall–Kier alpha value is -1.10. The molecule has 0 N–H and O–H groups in total. The molecule has 88 valence electrons. The SMILES string of the molecule is CCOC(=O)CCOc1cc(F)cc(Br)c1. The fraction of sp³-hybridized carbons (Fsp3) is 0.364. The maximum atomic E-state index is 12.9. The molecule has 0 fully saturated rings. The predicted molar refractivity (Wildman–Crippen MR) is 60.8 cm³/mol. The number of benzene rings is 1. The third kappa shape index (κ3) is 4.61. The number of hydrogen-bond acceptors (Lipinski definition) is 3. The van der Waals surface area contributed by atoms with E-state index in [1.807, 2.05) is 0 Å². The molecule has 0 aliphatic carbocycles. The van der Waals surface area contributed by atoms with Gasteiger partial charge in [0.25, 0.3) is 0 Å². The second-order valence-corrected chi connectivity index (χ2v) is 3.92. The van der Waals surface area contributed by atoms with Crippen molar-refractivity contribution in [2.45, 2.75) is 13.3 Å². The molecule has 0 bridgehead atoms. The number of carbonyl (C=O) groups excluding carboxylic acids is 1. The highest BCUT2D eigenvalue weighted by Crippen LogP contribution is 2.20. The van der Waals surface area contributed by atoms with Gasteiger partial charge in [-0.2, -0.15) is 0 Å². The van der Waals surface area contributed by atoms with Crippen LogP contribution in [0, 0.1) is 5.82 Å². The average Bonchev–Trinajstić information content (AvgIpc) is 2.16. The Morgan fingerprint density at radius 1 is 1.44 bits per heavy atom. The van der Waals surface area contributed by atoms with Gasteiger partial charge in [0, 0.05) is 10.5 Å². The molecule has 0 aliphatic heterocycles. The molecule has 0 spiro atoms. The van der Waals surface area contributed by atoms with Gasteiger partial charge in [-0.15, -0.1) is 0 Å². The lowest BCUT2D eigenvalue weighted by Crippen LogP contribution is -2.09. The number of ether oxygens (including phenoxy) is 2. The van der Waals surface area contributed by atoms with E-state index in [0.717, 1.165) is 0 Å². The highest BCUT2D eigenvalue weighted by Gasteiger charge is 2.03. The first-order valence-corrected chi connectivity index (χ1v) is 5.65. The molecular weight excluding hydrogens is 279 g/mol. The summed E-state index contributed by atoms with van der Waals surface area (Å²) in [6.07, 6.45) is 0.155. The minimum atomic E-state index is -0.388. The van der Waals surface area contributed by atoms with Crippen molar-refractivity contribution in [1.82, 2.24) is 0 Å². The van der Waals surface area contributed by atoms with Crippen LogP contribution in [0.25, 0.3) is 0 Å². The van der Waals surface area contributed by atoms with Gasteiger partial charge in [-0.3, -0.25) is 4.79 Å². The molecule has 0 aliphatic rings. The summed E-state index contributed by atoms with van der Waals surface area (Å²) >= 11 is 3.15. The van der Waals surface area contributed by atoms with Crippen molar-refractivity contribution in [2.24, 2.45) is 0 Å². The molecule has 0 aromatic heterocycles. The van der Waals surface area contributed by atoms with E-state index in [4.69, 9.17) is 9.47 Å². The summed E-state index contributed by atoms with van der Waals surface area (Å²) in [7, 11) is 0. The molecular formula is C11H12BrFO3. The van der Waals surface area contributed by atoms with Gasteiger partial charge in [-0.05, 0) is 19.1 Å². The molecule has 5 heteroatoms. The first-order valence-electron chi connectivity index (χ1n) is 4.86. The van der Waals surface area contributed by atoms with Crippen LogP contribution in [0.15, 0.2) is 22.7 Å². The predicted octanol–water partition coefficient (Wildman–Crippen LogP) is 2.92. The Bertz CT molecular complexity index is 348. The summed E-state index contributed by atoms with van der Waals surface area (Å²) in [6.45, 7) is 2.27. The van der Waals surface area contributed by atoms with Crippen molar-refractivity contribution < 1.29 is 18.7 Å². The van der Waals surface area contributed by atoms with E-state index in [0.29, 0.717) is 16.8 Å². The van der Waals surface area contributed by atoms with E-state index in [2.05, 4.69) is 15.9 Å². The minimum absolute atomic E-state index is 0.155. The van der Waals surface area contributed by atoms with Gasteiger partial charge >= 0.3 is 5.97 Å². The first-order chi connectivity index (χ1) is 7.61. The Labute approximate surface area is 102 Å². The van der Waals surface area contributed by atoms with Gasteiger partial charge in [-0.25, -0.2) is 4.39 Å². The third-order valence-electron chi connectivity index (χ3n) is 1.72. The standard InChI is InChI=1S/C11H12BrFO3/c1-2-15-11(14)3-4-16-10-6-8(12)5-9(13)7-10/h5-7H,2-4H2,1H3. The van der Waals surface area contributed by atoms with Crippen molar-refractivity contribution in [3.8, 4) is 5.75 Å². The molecule has 1 aromatic rings. The highest BCUT2D eigenvalue weighted by atomic mass is 79.9. The monoisotopic (exact) mass is 290 g/mol. The highest BCUT2D eigenvalue weighted by molar-refractivity contribution is 9.10. The van der Waals surface area contributed by atoms with Crippen molar-refractivity contribution in [3.05, 3.63) is 28.5 Å². The minimum Gasteiger partial charge on any atom is -0.493 e. The van der Waals surface area contributed by atoms with Crippen molar-refractivity contribution in [2.75, 3.05) is 13.2 Å². The molecule has 1 aromatic carbocycles. The van der Waals surface area contributed by atoms with Gasteiger partial charge in [0.2, 0.25) is 0 Å². The lowest BCUT2D eigenvalue weighted by atomic mass is 10.3. The molecule has 0 saturated carbocycles. The molecule has 16 heavy (non-hydrogen) atoms.